The molecule has 0 radical (unpaired) electrons. The molecule has 0 spiro atoms. The Bertz CT molecular complexity index is 271. The van der Waals surface area contributed by atoms with Gasteiger partial charge in [-0.1, -0.05) is 0 Å². The maximum Gasteiger partial charge on any atom is 0.407 e. The van der Waals surface area contributed by atoms with E-state index in [0.29, 0.717) is 0 Å². The zero-order valence-electron chi connectivity index (χ0n) is 9.01. The van der Waals surface area contributed by atoms with Crippen molar-refractivity contribution in [2.24, 2.45) is 0 Å². The molecule has 2 N–H and O–H groups in total. The molecule has 1 aliphatic rings. The summed E-state index contributed by atoms with van der Waals surface area (Å²) in [6, 6.07) is 0. The standard InChI is InChI=1S/C9H15NO6/c1-15-6-16-9(7(11)12)2-4-10(5-3-9)8(13)14/h2-6H2,1H3,(H,11,12)(H,13,14). The number of carboxylic acid groups (broad SMARTS) is 2. The van der Waals surface area contributed by atoms with Gasteiger partial charge in [-0.05, 0) is 0 Å². The molecule has 7 heteroatoms. The van der Waals surface area contributed by atoms with Gasteiger partial charge >= 0.3 is 12.1 Å². The van der Waals surface area contributed by atoms with E-state index in [0.717, 1.165) is 0 Å². The van der Waals surface area contributed by atoms with Gasteiger partial charge in [0.1, 0.15) is 6.79 Å². The van der Waals surface area contributed by atoms with Gasteiger partial charge in [-0.2, -0.15) is 0 Å². The maximum atomic E-state index is 11.1. The molecule has 7 nitrogen and oxygen atoms in total. The second-order valence-electron chi connectivity index (χ2n) is 3.62. The van der Waals surface area contributed by atoms with Crippen LogP contribution in [0.1, 0.15) is 12.8 Å². The van der Waals surface area contributed by atoms with Gasteiger partial charge in [0, 0.05) is 33.0 Å². The summed E-state index contributed by atoms with van der Waals surface area (Å²) in [5.74, 6) is -1.07. The third-order valence-electron chi connectivity index (χ3n) is 2.68. The summed E-state index contributed by atoms with van der Waals surface area (Å²) in [4.78, 5) is 23.0. The third kappa shape index (κ3) is 2.61. The molecule has 0 bridgehead atoms. The number of hydrogen-bond donors (Lipinski definition) is 2. The van der Waals surface area contributed by atoms with E-state index in [4.69, 9.17) is 14.9 Å². The van der Waals surface area contributed by atoms with E-state index < -0.39 is 17.7 Å². The Balaban J connectivity index is 2.62. The predicted molar refractivity (Wildman–Crippen MR) is 52.2 cm³/mol. The van der Waals surface area contributed by atoms with E-state index in [1.165, 1.54) is 12.0 Å². The minimum Gasteiger partial charge on any atom is -0.479 e. The van der Waals surface area contributed by atoms with Crippen LogP contribution in [0, 0.1) is 0 Å². The average Bonchev–Trinajstić information content (AvgIpc) is 2.26. The van der Waals surface area contributed by atoms with Crippen LogP contribution < -0.4 is 0 Å². The number of carbonyl (C=O) groups is 2. The number of nitrogens with zero attached hydrogens (tertiary/aromatic N) is 1. The van der Waals surface area contributed by atoms with E-state index in [1.54, 1.807) is 0 Å². The smallest absolute Gasteiger partial charge is 0.407 e. The first kappa shape index (κ1) is 12.7. The Kier molecular flexibility index (Phi) is 4.08. The maximum absolute atomic E-state index is 11.1. The lowest BCUT2D eigenvalue weighted by Crippen LogP contribution is -2.52. The first-order valence-electron chi connectivity index (χ1n) is 4.86. The number of amides is 1. The fraction of sp³-hybridized carbons (Fsp3) is 0.778. The Morgan fingerprint density at radius 2 is 1.88 bits per heavy atom. The van der Waals surface area contributed by atoms with Gasteiger partial charge in [0.05, 0.1) is 0 Å². The normalized spacial score (nSPS) is 19.4. The third-order valence-corrected chi connectivity index (χ3v) is 2.68. The molecule has 1 amide bonds. The first-order valence-corrected chi connectivity index (χ1v) is 4.86. The lowest BCUT2D eigenvalue weighted by atomic mass is 9.91. The number of hydrogen-bond acceptors (Lipinski definition) is 4. The zero-order valence-corrected chi connectivity index (χ0v) is 9.01. The molecule has 0 aromatic rings. The van der Waals surface area contributed by atoms with E-state index in [9.17, 15) is 9.59 Å². The zero-order chi connectivity index (χ0) is 12.2. The summed E-state index contributed by atoms with van der Waals surface area (Å²) in [6.45, 7) is 0.204. The van der Waals surface area contributed by atoms with Gasteiger partial charge < -0.3 is 24.6 Å². The summed E-state index contributed by atoms with van der Waals surface area (Å²) in [6.07, 6.45) is -0.763. The van der Waals surface area contributed by atoms with Crippen LogP contribution in [0.15, 0.2) is 0 Å². The molecule has 0 aliphatic carbocycles. The molecule has 92 valence electrons. The van der Waals surface area contributed by atoms with E-state index in [1.807, 2.05) is 0 Å². The van der Waals surface area contributed by atoms with Crippen LogP contribution in [0.4, 0.5) is 4.79 Å². The number of aliphatic carboxylic acids is 1. The van der Waals surface area contributed by atoms with Gasteiger partial charge in [-0.25, -0.2) is 9.59 Å². The van der Waals surface area contributed by atoms with Crippen molar-refractivity contribution in [2.45, 2.75) is 18.4 Å². The van der Waals surface area contributed by atoms with Crippen LogP contribution in [0.5, 0.6) is 0 Å². The highest BCUT2D eigenvalue weighted by molar-refractivity contribution is 5.78. The summed E-state index contributed by atoms with van der Waals surface area (Å²) in [5.41, 5.74) is -1.32. The van der Waals surface area contributed by atoms with Crippen molar-refractivity contribution in [2.75, 3.05) is 27.0 Å². The van der Waals surface area contributed by atoms with Crippen molar-refractivity contribution in [3.05, 3.63) is 0 Å². The lowest BCUT2D eigenvalue weighted by Gasteiger charge is -2.37. The van der Waals surface area contributed by atoms with Crippen molar-refractivity contribution in [1.29, 1.82) is 0 Å². The van der Waals surface area contributed by atoms with Crippen LogP contribution >= 0.6 is 0 Å². The molecular formula is C9H15NO6. The molecule has 0 aromatic carbocycles. The number of ether oxygens (including phenoxy) is 2. The Labute approximate surface area is 92.6 Å². The van der Waals surface area contributed by atoms with Crippen molar-refractivity contribution in [1.82, 2.24) is 4.90 Å². The summed E-state index contributed by atoms with van der Waals surface area (Å²) in [7, 11) is 1.40. The molecule has 0 unspecified atom stereocenters. The molecule has 0 aromatic heterocycles. The summed E-state index contributed by atoms with van der Waals surface area (Å²) < 4.78 is 9.85. The molecule has 1 fully saturated rings. The SMILES string of the molecule is COCOC1(C(=O)O)CCN(C(=O)O)CC1. The van der Waals surface area contributed by atoms with Gasteiger partial charge in [0.25, 0.3) is 0 Å². The highest BCUT2D eigenvalue weighted by atomic mass is 16.7. The Morgan fingerprint density at radius 3 is 2.25 bits per heavy atom. The van der Waals surface area contributed by atoms with Crippen LogP contribution in [0.25, 0.3) is 0 Å². The molecule has 1 saturated heterocycles. The molecule has 0 atom stereocenters. The second-order valence-corrected chi connectivity index (χ2v) is 3.62. The fourth-order valence-corrected chi connectivity index (χ4v) is 1.65. The number of likely N-dealkylation sites (tertiary alicyclic amines) is 1. The number of rotatable bonds is 4. The number of methoxy groups -OCH3 is 1. The number of piperidine rings is 1. The highest BCUT2D eigenvalue weighted by Crippen LogP contribution is 2.26. The Hall–Kier alpha value is -1.34. The minimum atomic E-state index is -1.32. The van der Waals surface area contributed by atoms with E-state index >= 15 is 0 Å². The molecular weight excluding hydrogens is 218 g/mol. The molecule has 16 heavy (non-hydrogen) atoms. The average molecular weight is 233 g/mol. The van der Waals surface area contributed by atoms with Crippen LogP contribution in [-0.2, 0) is 14.3 Å². The Morgan fingerprint density at radius 1 is 1.31 bits per heavy atom. The van der Waals surface area contributed by atoms with Crippen molar-refractivity contribution in [3.63, 3.8) is 0 Å². The van der Waals surface area contributed by atoms with Crippen LogP contribution in [0.3, 0.4) is 0 Å². The highest BCUT2D eigenvalue weighted by Gasteiger charge is 2.43. The molecule has 1 heterocycles. The van der Waals surface area contributed by atoms with Crippen molar-refractivity contribution in [3.8, 4) is 0 Å². The van der Waals surface area contributed by atoms with Crippen molar-refractivity contribution >= 4 is 12.1 Å². The largest absolute Gasteiger partial charge is 0.479 e. The van der Waals surface area contributed by atoms with Gasteiger partial charge in [0.2, 0.25) is 0 Å². The summed E-state index contributed by atoms with van der Waals surface area (Å²) in [5, 5.41) is 17.8. The lowest BCUT2D eigenvalue weighted by molar-refractivity contribution is -0.189. The summed E-state index contributed by atoms with van der Waals surface area (Å²) >= 11 is 0. The van der Waals surface area contributed by atoms with Crippen LogP contribution in [0.2, 0.25) is 0 Å². The van der Waals surface area contributed by atoms with Gasteiger partial charge in [0.15, 0.2) is 5.60 Å². The van der Waals surface area contributed by atoms with Crippen molar-refractivity contribution < 1.29 is 29.3 Å². The fourth-order valence-electron chi connectivity index (χ4n) is 1.65. The topological polar surface area (TPSA) is 96.3 Å². The van der Waals surface area contributed by atoms with E-state index in [-0.39, 0.29) is 32.7 Å². The first-order chi connectivity index (χ1) is 7.52. The predicted octanol–water partition coefficient (Wildman–Crippen LogP) is 0.204. The molecule has 1 rings (SSSR count). The van der Waals surface area contributed by atoms with Crippen LogP contribution in [-0.4, -0.2) is 59.8 Å². The minimum absolute atomic E-state index is 0.112. The number of carboxylic acids is 1. The quantitative estimate of drug-likeness (QED) is 0.673. The second kappa shape index (κ2) is 5.13. The monoisotopic (exact) mass is 233 g/mol. The molecule has 0 saturated carbocycles. The molecule has 1 aliphatic heterocycles. The van der Waals surface area contributed by atoms with Gasteiger partial charge in [-0.3, -0.25) is 0 Å². The van der Waals surface area contributed by atoms with E-state index in [2.05, 4.69) is 4.74 Å². The van der Waals surface area contributed by atoms with Gasteiger partial charge in [-0.15, -0.1) is 0 Å².